The lowest BCUT2D eigenvalue weighted by Gasteiger charge is -2.15. The summed E-state index contributed by atoms with van der Waals surface area (Å²) in [5.74, 6) is 1.78. The third-order valence-electron chi connectivity index (χ3n) is 4.58. The van der Waals surface area contributed by atoms with Crippen LogP contribution < -0.4 is 14.8 Å². The van der Waals surface area contributed by atoms with E-state index in [-0.39, 0.29) is 12.5 Å². The van der Waals surface area contributed by atoms with E-state index in [1.54, 1.807) is 0 Å². The van der Waals surface area contributed by atoms with Crippen molar-refractivity contribution < 1.29 is 14.3 Å². The number of carbonyl (C=O) groups is 1. The molecule has 0 aliphatic carbocycles. The zero-order chi connectivity index (χ0) is 19.9. The minimum Gasteiger partial charge on any atom is -0.491 e. The number of hydrogen-bond donors (Lipinski definition) is 1. The topological polar surface area (TPSA) is 47.6 Å². The number of ether oxygens (including phenoxy) is 2. The summed E-state index contributed by atoms with van der Waals surface area (Å²) in [6, 6.07) is 20.2. The van der Waals surface area contributed by atoms with Crippen molar-refractivity contribution >= 4 is 16.7 Å². The van der Waals surface area contributed by atoms with Gasteiger partial charge < -0.3 is 14.8 Å². The van der Waals surface area contributed by atoms with Crippen molar-refractivity contribution in [2.75, 3.05) is 19.8 Å². The first-order valence-electron chi connectivity index (χ1n) is 9.65. The summed E-state index contributed by atoms with van der Waals surface area (Å²) in [6.07, 6.45) is 0. The lowest BCUT2D eigenvalue weighted by Crippen LogP contribution is -2.32. The quantitative estimate of drug-likeness (QED) is 0.571. The number of carbonyl (C=O) groups excluding carboxylic acids is 1. The smallest absolute Gasteiger partial charge is 0.258 e. The Hall–Kier alpha value is -3.01. The number of rotatable bonds is 8. The molecule has 0 spiro atoms. The molecule has 0 aromatic heterocycles. The number of amides is 1. The minimum atomic E-state index is -0.155. The monoisotopic (exact) mass is 377 g/mol. The molecule has 0 aliphatic rings. The first-order chi connectivity index (χ1) is 13.5. The van der Waals surface area contributed by atoms with Gasteiger partial charge >= 0.3 is 0 Å². The summed E-state index contributed by atoms with van der Waals surface area (Å²) >= 11 is 0. The Kier molecular flexibility index (Phi) is 6.53. The van der Waals surface area contributed by atoms with Crippen LogP contribution in [0.2, 0.25) is 0 Å². The van der Waals surface area contributed by atoms with Crippen LogP contribution >= 0.6 is 0 Å². The van der Waals surface area contributed by atoms with Gasteiger partial charge in [0.1, 0.15) is 18.1 Å². The van der Waals surface area contributed by atoms with Gasteiger partial charge in [0.25, 0.3) is 5.91 Å². The van der Waals surface area contributed by atoms with Gasteiger partial charge in [-0.3, -0.25) is 4.79 Å². The molecule has 1 amide bonds. The van der Waals surface area contributed by atoms with Gasteiger partial charge in [-0.25, -0.2) is 0 Å². The predicted octanol–water partition coefficient (Wildman–Crippen LogP) is 4.85. The molecule has 4 heteroatoms. The van der Waals surface area contributed by atoms with Crippen molar-refractivity contribution in [3.8, 4) is 11.5 Å². The molecule has 1 N–H and O–H groups in total. The molecule has 0 unspecified atom stereocenters. The molecule has 0 bridgehead atoms. The Balaban J connectivity index is 1.47. The maximum atomic E-state index is 12.1. The van der Waals surface area contributed by atoms with E-state index < -0.39 is 0 Å². The highest BCUT2D eigenvalue weighted by Crippen LogP contribution is 2.27. The zero-order valence-electron chi connectivity index (χ0n) is 16.7. The number of aryl methyl sites for hydroxylation is 1. The van der Waals surface area contributed by atoms with Crippen LogP contribution in [-0.2, 0) is 4.79 Å². The summed E-state index contributed by atoms with van der Waals surface area (Å²) < 4.78 is 11.6. The Morgan fingerprint density at radius 2 is 1.75 bits per heavy atom. The normalized spacial score (nSPS) is 10.9. The summed E-state index contributed by atoms with van der Waals surface area (Å²) in [4.78, 5) is 12.1. The molecule has 0 fully saturated rings. The fourth-order valence-corrected chi connectivity index (χ4v) is 3.11. The summed E-state index contributed by atoms with van der Waals surface area (Å²) in [5, 5.41) is 5.05. The Labute approximate surface area is 166 Å². The number of hydrogen-bond acceptors (Lipinski definition) is 3. The van der Waals surface area contributed by atoms with Crippen molar-refractivity contribution in [1.29, 1.82) is 0 Å². The third kappa shape index (κ3) is 5.03. The Bertz CT molecular complexity index is 944. The van der Waals surface area contributed by atoms with E-state index in [1.165, 1.54) is 0 Å². The first-order valence-corrected chi connectivity index (χ1v) is 9.65. The minimum absolute atomic E-state index is 0.00254. The van der Waals surface area contributed by atoms with E-state index >= 15 is 0 Å². The van der Waals surface area contributed by atoms with Gasteiger partial charge in [-0.15, -0.1) is 0 Å². The lowest BCUT2D eigenvalue weighted by molar-refractivity contribution is -0.123. The molecular weight excluding hydrogens is 350 g/mol. The van der Waals surface area contributed by atoms with Gasteiger partial charge in [0, 0.05) is 5.39 Å². The van der Waals surface area contributed by atoms with Gasteiger partial charge in [0.15, 0.2) is 6.61 Å². The molecule has 0 radical (unpaired) electrons. The lowest BCUT2D eigenvalue weighted by atomic mass is 10.0. The number of fused-ring (bicyclic) bond motifs is 1. The molecular formula is C24H27NO3. The van der Waals surface area contributed by atoms with Gasteiger partial charge in [-0.1, -0.05) is 62.4 Å². The molecule has 0 saturated carbocycles. The second-order valence-corrected chi connectivity index (χ2v) is 7.16. The second-order valence-electron chi connectivity index (χ2n) is 7.16. The molecule has 0 heterocycles. The fraction of sp³-hybridized carbons (Fsp3) is 0.292. The van der Waals surface area contributed by atoms with Gasteiger partial charge in [-0.2, -0.15) is 0 Å². The number of nitrogens with one attached hydrogen (secondary N) is 1. The van der Waals surface area contributed by atoms with Crippen LogP contribution in [0.15, 0.2) is 60.7 Å². The van der Waals surface area contributed by atoms with Gasteiger partial charge in [0.2, 0.25) is 0 Å². The highest BCUT2D eigenvalue weighted by molar-refractivity contribution is 5.88. The average Bonchev–Trinajstić information content (AvgIpc) is 2.69. The molecule has 3 aromatic carbocycles. The van der Waals surface area contributed by atoms with E-state index in [9.17, 15) is 4.79 Å². The van der Waals surface area contributed by atoms with Crippen molar-refractivity contribution in [3.05, 3.63) is 71.8 Å². The SMILES string of the molecule is Cc1ccc(C(C)C)c(OCC(=O)NCCOc2cccc3ccccc23)c1. The zero-order valence-corrected chi connectivity index (χ0v) is 16.7. The van der Waals surface area contributed by atoms with Crippen LogP contribution in [-0.4, -0.2) is 25.7 Å². The van der Waals surface area contributed by atoms with E-state index in [1.807, 2.05) is 43.3 Å². The van der Waals surface area contributed by atoms with Crippen molar-refractivity contribution in [2.45, 2.75) is 26.7 Å². The molecule has 0 saturated heterocycles. The number of benzene rings is 3. The molecule has 4 nitrogen and oxygen atoms in total. The highest BCUT2D eigenvalue weighted by atomic mass is 16.5. The summed E-state index contributed by atoms with van der Waals surface area (Å²) in [6.45, 7) is 7.07. The van der Waals surface area contributed by atoms with Crippen LogP contribution in [0.5, 0.6) is 11.5 Å². The summed E-state index contributed by atoms with van der Waals surface area (Å²) in [5.41, 5.74) is 2.22. The van der Waals surface area contributed by atoms with Crippen molar-refractivity contribution in [1.82, 2.24) is 5.32 Å². The van der Waals surface area contributed by atoms with Gasteiger partial charge in [0.05, 0.1) is 6.54 Å². The second kappa shape index (κ2) is 9.27. The van der Waals surface area contributed by atoms with Crippen LogP contribution in [0, 0.1) is 6.92 Å². The summed E-state index contributed by atoms with van der Waals surface area (Å²) in [7, 11) is 0. The van der Waals surface area contributed by atoms with Crippen LogP contribution in [0.1, 0.15) is 30.9 Å². The maximum absolute atomic E-state index is 12.1. The predicted molar refractivity (Wildman–Crippen MR) is 113 cm³/mol. The van der Waals surface area contributed by atoms with E-state index in [0.717, 1.165) is 33.4 Å². The maximum Gasteiger partial charge on any atom is 0.258 e. The molecule has 3 aromatic rings. The fourth-order valence-electron chi connectivity index (χ4n) is 3.11. The van der Waals surface area contributed by atoms with Crippen molar-refractivity contribution in [3.63, 3.8) is 0 Å². The van der Waals surface area contributed by atoms with Crippen LogP contribution in [0.4, 0.5) is 0 Å². The Morgan fingerprint density at radius 1 is 0.964 bits per heavy atom. The van der Waals surface area contributed by atoms with Crippen LogP contribution in [0.3, 0.4) is 0 Å². The first kappa shape index (κ1) is 19.7. The molecule has 3 rings (SSSR count). The Morgan fingerprint density at radius 3 is 2.57 bits per heavy atom. The average molecular weight is 377 g/mol. The van der Waals surface area contributed by atoms with Gasteiger partial charge in [-0.05, 0) is 41.5 Å². The third-order valence-corrected chi connectivity index (χ3v) is 4.58. The molecule has 0 aliphatic heterocycles. The van der Waals surface area contributed by atoms with Crippen molar-refractivity contribution in [2.24, 2.45) is 0 Å². The molecule has 0 atom stereocenters. The molecule has 146 valence electrons. The molecule has 28 heavy (non-hydrogen) atoms. The van der Waals surface area contributed by atoms with Crippen LogP contribution in [0.25, 0.3) is 10.8 Å². The van der Waals surface area contributed by atoms with E-state index in [4.69, 9.17) is 9.47 Å². The largest absolute Gasteiger partial charge is 0.491 e. The standard InChI is InChI=1S/C24H27NO3/c1-17(2)20-12-11-18(3)15-23(20)28-16-24(26)25-13-14-27-22-10-6-8-19-7-4-5-9-21(19)22/h4-12,15,17H,13-14,16H2,1-3H3,(H,25,26). The van der Waals surface area contributed by atoms with E-state index in [2.05, 4.69) is 43.4 Å². The highest BCUT2D eigenvalue weighted by Gasteiger charge is 2.10. The van der Waals surface area contributed by atoms with E-state index in [0.29, 0.717) is 19.1 Å².